The molecule has 114 valence electrons. The smallest absolute Gasteiger partial charge is 0.349 e. The van der Waals surface area contributed by atoms with E-state index in [9.17, 15) is 18.7 Å². The zero-order valence-corrected chi connectivity index (χ0v) is 11.0. The van der Waals surface area contributed by atoms with Gasteiger partial charge < -0.3 is 20.7 Å². The van der Waals surface area contributed by atoms with Crippen LogP contribution in [-0.4, -0.2) is 51.6 Å². The molecule has 0 aromatic carbocycles. The summed E-state index contributed by atoms with van der Waals surface area (Å²) in [7, 11) is 1.09. The SMILES string of the molecule is COC(CO)C(O)C(F)(F)[C@@H](C)n1ccc(N)nc1=O. The average Bonchev–Trinajstić information content (AvgIpc) is 2.39. The van der Waals surface area contributed by atoms with Gasteiger partial charge in [0.05, 0.1) is 6.61 Å². The largest absolute Gasteiger partial charge is 0.394 e. The van der Waals surface area contributed by atoms with Crippen LogP contribution >= 0.6 is 0 Å². The lowest BCUT2D eigenvalue weighted by molar-refractivity contribution is -0.187. The Morgan fingerprint density at radius 1 is 1.60 bits per heavy atom. The van der Waals surface area contributed by atoms with Gasteiger partial charge in [0.2, 0.25) is 0 Å². The number of alkyl halides is 2. The number of halogens is 2. The number of aliphatic hydroxyl groups is 2. The predicted octanol–water partition coefficient (Wildman–Crippen LogP) is -0.610. The molecule has 0 bridgehead atoms. The number of hydrogen-bond donors (Lipinski definition) is 3. The normalized spacial score (nSPS) is 16.7. The maximum absolute atomic E-state index is 14.1. The first-order valence-corrected chi connectivity index (χ1v) is 5.79. The summed E-state index contributed by atoms with van der Waals surface area (Å²) in [5.74, 6) is -3.81. The molecule has 4 N–H and O–H groups in total. The highest BCUT2D eigenvalue weighted by atomic mass is 19.3. The second-order valence-corrected chi connectivity index (χ2v) is 4.29. The summed E-state index contributed by atoms with van der Waals surface area (Å²) in [5.41, 5.74) is 4.32. The van der Waals surface area contributed by atoms with Crippen LogP contribution in [-0.2, 0) is 4.74 Å². The van der Waals surface area contributed by atoms with Crippen LogP contribution in [0.3, 0.4) is 0 Å². The fourth-order valence-corrected chi connectivity index (χ4v) is 1.70. The molecule has 2 unspecified atom stereocenters. The van der Waals surface area contributed by atoms with Crippen LogP contribution < -0.4 is 11.4 Å². The quantitative estimate of drug-likeness (QED) is 0.645. The maximum atomic E-state index is 14.1. The summed E-state index contributed by atoms with van der Waals surface area (Å²) in [6.07, 6.45) is -2.68. The lowest BCUT2D eigenvalue weighted by atomic mass is 10.0. The van der Waals surface area contributed by atoms with Crippen molar-refractivity contribution in [1.29, 1.82) is 0 Å². The van der Waals surface area contributed by atoms with Gasteiger partial charge in [-0.2, -0.15) is 4.98 Å². The van der Waals surface area contributed by atoms with Crippen LogP contribution in [0.1, 0.15) is 13.0 Å². The van der Waals surface area contributed by atoms with Crippen LogP contribution in [0.25, 0.3) is 0 Å². The number of hydrogen-bond acceptors (Lipinski definition) is 6. The van der Waals surface area contributed by atoms with Gasteiger partial charge in [0.1, 0.15) is 24.1 Å². The molecule has 3 atom stereocenters. The molecule has 0 fully saturated rings. The summed E-state index contributed by atoms with van der Waals surface area (Å²) in [4.78, 5) is 14.9. The van der Waals surface area contributed by atoms with Gasteiger partial charge in [-0.25, -0.2) is 13.6 Å². The zero-order chi connectivity index (χ0) is 15.5. The number of aliphatic hydroxyl groups excluding tert-OH is 2. The molecule has 0 aliphatic carbocycles. The Kier molecular flexibility index (Phi) is 5.15. The average molecular weight is 293 g/mol. The van der Waals surface area contributed by atoms with Gasteiger partial charge in [0.15, 0.2) is 0 Å². The van der Waals surface area contributed by atoms with E-state index in [0.29, 0.717) is 4.57 Å². The van der Waals surface area contributed by atoms with Gasteiger partial charge in [-0.3, -0.25) is 4.57 Å². The highest BCUT2D eigenvalue weighted by Gasteiger charge is 2.49. The second-order valence-electron chi connectivity index (χ2n) is 4.29. The minimum atomic E-state index is -3.72. The first-order valence-electron chi connectivity index (χ1n) is 5.79. The van der Waals surface area contributed by atoms with E-state index in [2.05, 4.69) is 9.72 Å². The molecule has 7 nitrogen and oxygen atoms in total. The van der Waals surface area contributed by atoms with Crippen LogP contribution in [0.4, 0.5) is 14.6 Å². The molecule has 0 saturated heterocycles. The van der Waals surface area contributed by atoms with E-state index in [1.54, 1.807) is 0 Å². The standard InChI is InChI=1S/C11H17F2N3O4/c1-6(16-4-3-8(14)15-10(16)19)11(12,13)9(18)7(5-17)20-2/h3-4,6-7,9,17-18H,5H2,1-2H3,(H2,14,15,19)/t6-,7?,9?/m1/s1. The third-order valence-electron chi connectivity index (χ3n) is 3.05. The Balaban J connectivity index is 3.10. The Morgan fingerprint density at radius 2 is 2.20 bits per heavy atom. The number of nitrogen functional groups attached to an aromatic ring is 1. The van der Waals surface area contributed by atoms with Crippen molar-refractivity contribution >= 4 is 5.82 Å². The van der Waals surface area contributed by atoms with Gasteiger partial charge in [0, 0.05) is 13.3 Å². The first kappa shape index (κ1) is 16.5. The summed E-state index contributed by atoms with van der Waals surface area (Å²) in [6, 6.07) is -0.498. The van der Waals surface area contributed by atoms with E-state index < -0.39 is 36.5 Å². The topological polar surface area (TPSA) is 111 Å². The number of methoxy groups -OCH3 is 1. The van der Waals surface area contributed by atoms with Crippen molar-refractivity contribution in [3.63, 3.8) is 0 Å². The molecule has 0 aliphatic rings. The Bertz CT molecular complexity index is 505. The van der Waals surface area contributed by atoms with Crippen molar-refractivity contribution in [2.75, 3.05) is 19.5 Å². The molecule has 9 heteroatoms. The Morgan fingerprint density at radius 3 is 2.65 bits per heavy atom. The molecular formula is C11H17F2N3O4. The molecule has 0 aliphatic heterocycles. The molecule has 1 rings (SSSR count). The number of aromatic nitrogens is 2. The molecule has 0 radical (unpaired) electrons. The fourth-order valence-electron chi connectivity index (χ4n) is 1.70. The Labute approximate surface area is 113 Å². The molecule has 0 amide bonds. The minimum Gasteiger partial charge on any atom is -0.394 e. The molecule has 0 saturated carbocycles. The van der Waals surface area contributed by atoms with Crippen molar-refractivity contribution < 1.29 is 23.7 Å². The van der Waals surface area contributed by atoms with Gasteiger partial charge in [-0.1, -0.05) is 0 Å². The molecule has 0 spiro atoms. The number of anilines is 1. The third-order valence-corrected chi connectivity index (χ3v) is 3.05. The lowest BCUT2D eigenvalue weighted by Crippen LogP contribution is -2.51. The minimum absolute atomic E-state index is 0.0903. The van der Waals surface area contributed by atoms with Gasteiger partial charge in [0.25, 0.3) is 5.92 Å². The van der Waals surface area contributed by atoms with Crippen molar-refractivity contribution in [2.24, 2.45) is 0 Å². The zero-order valence-electron chi connectivity index (χ0n) is 11.0. The first-order chi connectivity index (χ1) is 9.25. The monoisotopic (exact) mass is 293 g/mol. The predicted molar refractivity (Wildman–Crippen MR) is 66.5 cm³/mol. The fraction of sp³-hybridized carbons (Fsp3) is 0.636. The summed E-state index contributed by atoms with van der Waals surface area (Å²) in [6.45, 7) is 0.265. The summed E-state index contributed by atoms with van der Waals surface area (Å²) < 4.78 is 33.5. The number of nitrogens with two attached hydrogens (primary N) is 1. The van der Waals surface area contributed by atoms with E-state index in [4.69, 9.17) is 10.8 Å². The summed E-state index contributed by atoms with van der Waals surface area (Å²) in [5, 5.41) is 18.5. The van der Waals surface area contributed by atoms with Gasteiger partial charge in [-0.15, -0.1) is 0 Å². The third kappa shape index (κ3) is 3.11. The van der Waals surface area contributed by atoms with Crippen molar-refractivity contribution in [3.05, 3.63) is 22.7 Å². The van der Waals surface area contributed by atoms with E-state index in [1.165, 1.54) is 6.07 Å². The highest BCUT2D eigenvalue weighted by molar-refractivity contribution is 5.23. The molecule has 1 aromatic heterocycles. The van der Waals surface area contributed by atoms with Crippen LogP contribution in [0, 0.1) is 0 Å². The van der Waals surface area contributed by atoms with Crippen molar-refractivity contribution in [2.45, 2.75) is 31.1 Å². The molecular weight excluding hydrogens is 276 g/mol. The van der Waals surface area contributed by atoms with E-state index in [-0.39, 0.29) is 5.82 Å². The Hall–Kier alpha value is -1.58. The van der Waals surface area contributed by atoms with Gasteiger partial charge >= 0.3 is 5.69 Å². The van der Waals surface area contributed by atoms with Gasteiger partial charge in [-0.05, 0) is 13.0 Å². The highest BCUT2D eigenvalue weighted by Crippen LogP contribution is 2.33. The maximum Gasteiger partial charge on any atom is 0.349 e. The molecule has 1 heterocycles. The van der Waals surface area contributed by atoms with Crippen LogP contribution in [0.2, 0.25) is 0 Å². The van der Waals surface area contributed by atoms with E-state index in [0.717, 1.165) is 20.2 Å². The lowest BCUT2D eigenvalue weighted by Gasteiger charge is -2.32. The van der Waals surface area contributed by atoms with E-state index >= 15 is 0 Å². The van der Waals surface area contributed by atoms with Crippen LogP contribution in [0.15, 0.2) is 17.1 Å². The molecule has 20 heavy (non-hydrogen) atoms. The second kappa shape index (κ2) is 6.25. The van der Waals surface area contributed by atoms with E-state index in [1.807, 2.05) is 0 Å². The van der Waals surface area contributed by atoms with Crippen molar-refractivity contribution in [1.82, 2.24) is 9.55 Å². The number of rotatable bonds is 6. The number of nitrogens with zero attached hydrogens (tertiary/aromatic N) is 2. The molecule has 1 aromatic rings. The van der Waals surface area contributed by atoms with Crippen molar-refractivity contribution in [3.8, 4) is 0 Å². The number of ether oxygens (including phenoxy) is 1. The van der Waals surface area contributed by atoms with Crippen LogP contribution in [0.5, 0.6) is 0 Å². The summed E-state index contributed by atoms with van der Waals surface area (Å²) >= 11 is 0.